The lowest BCUT2D eigenvalue weighted by Gasteiger charge is -2.23. The number of methoxy groups -OCH3 is 1. The molecule has 0 spiro atoms. The number of halogens is 1. The van der Waals surface area contributed by atoms with E-state index >= 15 is 0 Å². The van der Waals surface area contributed by atoms with Crippen molar-refractivity contribution in [1.82, 2.24) is 20.1 Å². The molecule has 32 heavy (non-hydrogen) atoms. The lowest BCUT2D eigenvalue weighted by atomic mass is 10.1. The third-order valence-electron chi connectivity index (χ3n) is 5.61. The molecule has 8 heteroatoms. The normalized spacial score (nSPS) is 12.9. The van der Waals surface area contributed by atoms with E-state index in [9.17, 15) is 0 Å². The van der Waals surface area contributed by atoms with E-state index in [4.69, 9.17) is 9.73 Å². The third-order valence-corrected chi connectivity index (χ3v) is 5.61. The van der Waals surface area contributed by atoms with Crippen molar-refractivity contribution in [1.29, 1.82) is 0 Å². The number of ether oxygens (including phenoxy) is 1. The van der Waals surface area contributed by atoms with Crippen molar-refractivity contribution in [3.8, 4) is 5.75 Å². The molecule has 0 bridgehead atoms. The number of hydrogen-bond acceptors (Lipinski definition) is 4. The second kappa shape index (κ2) is 11.8. The van der Waals surface area contributed by atoms with E-state index in [0.717, 1.165) is 63.0 Å². The Kier molecular flexibility index (Phi) is 8.90. The molecule has 1 aliphatic heterocycles. The summed E-state index contributed by atoms with van der Waals surface area (Å²) in [5, 5.41) is 11.8. The number of benzene rings is 2. The number of hydrogen-bond donors (Lipinski definition) is 1. The highest BCUT2D eigenvalue weighted by atomic mass is 127. The lowest BCUT2D eigenvalue weighted by molar-refractivity contribution is 0.414. The number of guanidine groups is 1. The molecule has 0 atom stereocenters. The van der Waals surface area contributed by atoms with Crippen LogP contribution in [-0.2, 0) is 25.8 Å². The van der Waals surface area contributed by atoms with Crippen LogP contribution in [0.15, 0.2) is 59.9 Å². The summed E-state index contributed by atoms with van der Waals surface area (Å²) < 4.78 is 7.35. The van der Waals surface area contributed by atoms with Gasteiger partial charge in [-0.3, -0.25) is 4.99 Å². The molecule has 7 nitrogen and oxygen atoms in total. The molecule has 0 unspecified atom stereocenters. The molecule has 0 saturated carbocycles. The van der Waals surface area contributed by atoms with Crippen LogP contribution in [0.5, 0.6) is 5.75 Å². The van der Waals surface area contributed by atoms with Gasteiger partial charge in [-0.1, -0.05) is 37.3 Å². The minimum atomic E-state index is 0. The number of rotatable bonds is 8. The highest BCUT2D eigenvalue weighted by molar-refractivity contribution is 14.0. The first-order valence-corrected chi connectivity index (χ1v) is 10.9. The summed E-state index contributed by atoms with van der Waals surface area (Å²) in [4.78, 5) is 7.27. The minimum absolute atomic E-state index is 0. The van der Waals surface area contributed by atoms with Gasteiger partial charge in [-0.05, 0) is 42.2 Å². The number of nitrogens with zero attached hydrogens (tertiary/aromatic N) is 5. The molecule has 4 rings (SSSR count). The summed E-state index contributed by atoms with van der Waals surface area (Å²) in [5.41, 5.74) is 3.87. The summed E-state index contributed by atoms with van der Waals surface area (Å²) in [6.07, 6.45) is 4.60. The van der Waals surface area contributed by atoms with E-state index in [1.54, 1.807) is 13.4 Å². The number of anilines is 1. The molecule has 2 heterocycles. The maximum atomic E-state index is 5.25. The third kappa shape index (κ3) is 5.79. The Morgan fingerprint density at radius 3 is 2.75 bits per heavy atom. The first kappa shape index (κ1) is 24.0. The summed E-state index contributed by atoms with van der Waals surface area (Å²) in [6, 6.07) is 16.8. The van der Waals surface area contributed by atoms with Crippen molar-refractivity contribution in [2.75, 3.05) is 31.6 Å². The van der Waals surface area contributed by atoms with Gasteiger partial charge in [-0.2, -0.15) is 0 Å². The van der Waals surface area contributed by atoms with Crippen LogP contribution in [-0.4, -0.2) is 47.5 Å². The molecule has 1 aromatic heterocycles. The summed E-state index contributed by atoms with van der Waals surface area (Å²) >= 11 is 0. The largest absolute Gasteiger partial charge is 0.497 e. The Balaban J connectivity index is 0.00000289. The molecule has 0 saturated heterocycles. The predicted molar refractivity (Wildman–Crippen MR) is 139 cm³/mol. The highest BCUT2D eigenvalue weighted by Gasteiger charge is 2.22. The maximum absolute atomic E-state index is 5.25. The number of aryl methyl sites for hydroxylation is 1. The molecule has 170 valence electrons. The van der Waals surface area contributed by atoms with E-state index in [1.807, 2.05) is 12.1 Å². The van der Waals surface area contributed by atoms with Gasteiger partial charge in [0.2, 0.25) is 0 Å². The molecule has 1 N–H and O–H groups in total. The molecule has 0 fully saturated rings. The Bertz CT molecular complexity index is 1020. The minimum Gasteiger partial charge on any atom is -0.497 e. The summed E-state index contributed by atoms with van der Waals surface area (Å²) in [6.45, 7) is 5.34. The van der Waals surface area contributed by atoms with Crippen molar-refractivity contribution in [3.63, 3.8) is 0 Å². The van der Waals surface area contributed by atoms with E-state index in [1.165, 1.54) is 16.8 Å². The van der Waals surface area contributed by atoms with Crippen LogP contribution in [0.25, 0.3) is 0 Å². The second-order valence-corrected chi connectivity index (χ2v) is 7.55. The van der Waals surface area contributed by atoms with Crippen LogP contribution in [0.3, 0.4) is 0 Å². The van der Waals surface area contributed by atoms with Gasteiger partial charge >= 0.3 is 0 Å². The molecule has 1 aliphatic rings. The van der Waals surface area contributed by atoms with Gasteiger partial charge in [0.05, 0.1) is 7.11 Å². The number of nitrogens with one attached hydrogen (secondary N) is 1. The van der Waals surface area contributed by atoms with Crippen LogP contribution in [0.1, 0.15) is 23.9 Å². The van der Waals surface area contributed by atoms with Crippen molar-refractivity contribution in [3.05, 3.63) is 71.8 Å². The molecular weight excluding hydrogens is 515 g/mol. The van der Waals surface area contributed by atoms with Gasteiger partial charge in [0.1, 0.15) is 17.9 Å². The van der Waals surface area contributed by atoms with E-state index in [-0.39, 0.29) is 24.0 Å². The van der Waals surface area contributed by atoms with Crippen LogP contribution >= 0.6 is 24.0 Å². The number of para-hydroxylation sites is 1. The standard InChI is InChI=1S/C24H30N6O.HI/c1-3-23-28-27-18-29(23)17-15-26-24(30-16-13-20-6-4-5-7-22(20)30)25-14-12-19-8-10-21(31-2)11-9-19;/h4-11,18H,3,12-17H2,1-2H3,(H,25,26);1H. The van der Waals surface area contributed by atoms with Crippen molar-refractivity contribution >= 4 is 35.6 Å². The van der Waals surface area contributed by atoms with E-state index in [2.05, 4.69) is 68.3 Å². The molecular formula is C24H31IN6O. The van der Waals surface area contributed by atoms with Gasteiger partial charge in [0.15, 0.2) is 5.96 Å². The predicted octanol–water partition coefficient (Wildman–Crippen LogP) is 3.72. The molecule has 0 amide bonds. The van der Waals surface area contributed by atoms with Crippen LogP contribution < -0.4 is 15.0 Å². The number of aromatic nitrogens is 3. The molecule has 3 aromatic rings. The first-order valence-electron chi connectivity index (χ1n) is 10.9. The summed E-state index contributed by atoms with van der Waals surface area (Å²) in [7, 11) is 1.69. The van der Waals surface area contributed by atoms with Crippen LogP contribution in [0, 0.1) is 0 Å². The fourth-order valence-corrected chi connectivity index (χ4v) is 3.91. The Morgan fingerprint density at radius 2 is 1.97 bits per heavy atom. The number of fused-ring (bicyclic) bond motifs is 1. The van der Waals surface area contributed by atoms with Crippen molar-refractivity contribution < 1.29 is 4.74 Å². The van der Waals surface area contributed by atoms with Crippen molar-refractivity contribution in [2.24, 2.45) is 4.99 Å². The molecule has 0 aliphatic carbocycles. The summed E-state index contributed by atoms with van der Waals surface area (Å²) in [5.74, 6) is 2.82. The van der Waals surface area contributed by atoms with E-state index < -0.39 is 0 Å². The molecule has 0 radical (unpaired) electrons. The monoisotopic (exact) mass is 546 g/mol. The number of aliphatic imine (C=N–C) groups is 1. The lowest BCUT2D eigenvalue weighted by Crippen LogP contribution is -2.42. The van der Waals surface area contributed by atoms with Gasteiger partial charge in [-0.15, -0.1) is 34.2 Å². The highest BCUT2D eigenvalue weighted by Crippen LogP contribution is 2.27. The Morgan fingerprint density at radius 1 is 1.16 bits per heavy atom. The fraction of sp³-hybridized carbons (Fsp3) is 0.375. The molecule has 2 aromatic carbocycles. The first-order chi connectivity index (χ1) is 15.3. The van der Waals surface area contributed by atoms with Crippen LogP contribution in [0.2, 0.25) is 0 Å². The maximum Gasteiger partial charge on any atom is 0.198 e. The zero-order chi connectivity index (χ0) is 21.5. The quantitative estimate of drug-likeness (QED) is 0.265. The zero-order valence-corrected chi connectivity index (χ0v) is 21.0. The Labute approximate surface area is 206 Å². The topological polar surface area (TPSA) is 67.6 Å². The smallest absolute Gasteiger partial charge is 0.198 e. The van der Waals surface area contributed by atoms with Gasteiger partial charge < -0.3 is 19.5 Å². The average molecular weight is 546 g/mol. The SMILES string of the molecule is CCc1nncn1CCNC(=NCCc1ccc(OC)cc1)N1CCc2ccccc21.I. The van der Waals surface area contributed by atoms with E-state index in [0.29, 0.717) is 0 Å². The van der Waals surface area contributed by atoms with Crippen LogP contribution in [0.4, 0.5) is 5.69 Å². The average Bonchev–Trinajstić information content (AvgIpc) is 3.45. The van der Waals surface area contributed by atoms with Gasteiger partial charge in [0.25, 0.3) is 0 Å². The van der Waals surface area contributed by atoms with Crippen molar-refractivity contribution in [2.45, 2.75) is 32.7 Å². The van der Waals surface area contributed by atoms with Gasteiger partial charge in [0, 0.05) is 38.3 Å². The second-order valence-electron chi connectivity index (χ2n) is 7.55. The fourth-order valence-electron chi connectivity index (χ4n) is 3.91. The Hall–Kier alpha value is -2.62. The van der Waals surface area contributed by atoms with Gasteiger partial charge in [-0.25, -0.2) is 0 Å². The zero-order valence-electron chi connectivity index (χ0n) is 18.7.